The molecule has 0 unspecified atom stereocenters. The van der Waals surface area contributed by atoms with Crippen LogP contribution in [0.4, 0.5) is 5.88 Å². The first-order valence-electron chi connectivity index (χ1n) is 10.7. The molecular formula is C23H24N2O6S. The van der Waals surface area contributed by atoms with Crippen LogP contribution in [0.3, 0.4) is 0 Å². The van der Waals surface area contributed by atoms with E-state index in [2.05, 4.69) is 10.3 Å². The largest absolute Gasteiger partial charge is 0.494 e. The molecule has 5 rings (SSSR count). The highest BCUT2D eigenvalue weighted by Crippen LogP contribution is 2.38. The van der Waals surface area contributed by atoms with Gasteiger partial charge in [-0.15, -0.1) is 0 Å². The van der Waals surface area contributed by atoms with Gasteiger partial charge in [0.25, 0.3) is 0 Å². The van der Waals surface area contributed by atoms with E-state index in [4.69, 9.17) is 18.6 Å². The number of aromatic nitrogens is 1. The average Bonchev–Trinajstić information content (AvgIpc) is 3.53. The van der Waals surface area contributed by atoms with Crippen LogP contribution in [0.2, 0.25) is 0 Å². The Morgan fingerprint density at radius 3 is 2.53 bits per heavy atom. The van der Waals surface area contributed by atoms with Crippen LogP contribution in [0, 0.1) is 0 Å². The molecule has 0 bridgehead atoms. The number of hydrogen-bond acceptors (Lipinski definition) is 8. The number of sulfone groups is 1. The molecule has 0 saturated heterocycles. The summed E-state index contributed by atoms with van der Waals surface area (Å²) in [5.41, 5.74) is 0.663. The van der Waals surface area contributed by atoms with Crippen LogP contribution in [-0.4, -0.2) is 39.3 Å². The number of nitrogens with one attached hydrogen (secondary N) is 1. The summed E-state index contributed by atoms with van der Waals surface area (Å²) >= 11 is 0. The second-order valence-corrected chi connectivity index (χ2v) is 9.62. The Kier molecular flexibility index (Phi) is 5.42. The fraction of sp³-hybridized carbons (Fsp3) is 0.348. The number of anilines is 1. The molecule has 0 amide bonds. The fourth-order valence-corrected chi connectivity index (χ4v) is 4.61. The molecule has 0 radical (unpaired) electrons. The SMILES string of the molecule is CCCOc1ccc(-c2nc(S(=O)(=O)c3ccc4c(c3)OCCO4)c(NC3CC3)o2)cc1. The maximum atomic E-state index is 13.5. The maximum Gasteiger partial charge on any atom is 0.234 e. The number of nitrogens with zero attached hydrogens (tertiary/aromatic N) is 1. The molecule has 1 fully saturated rings. The summed E-state index contributed by atoms with van der Waals surface area (Å²) in [5, 5.41) is 3.03. The molecule has 32 heavy (non-hydrogen) atoms. The van der Waals surface area contributed by atoms with E-state index in [0.717, 1.165) is 25.0 Å². The molecule has 0 spiro atoms. The van der Waals surface area contributed by atoms with Gasteiger partial charge in [0.05, 0.1) is 11.5 Å². The first-order valence-corrected chi connectivity index (χ1v) is 12.2. The standard InChI is InChI=1S/C23H24N2O6S/c1-2-11-28-17-7-3-15(4-8-17)21-25-23(22(31-21)24-16-5-6-16)32(26,27)18-9-10-19-20(14-18)30-13-12-29-19/h3-4,7-10,14,16,24H,2,5-6,11-13H2,1H3. The lowest BCUT2D eigenvalue weighted by Gasteiger charge is -2.18. The van der Waals surface area contributed by atoms with Gasteiger partial charge in [-0.25, -0.2) is 8.42 Å². The van der Waals surface area contributed by atoms with E-state index >= 15 is 0 Å². The molecule has 1 aromatic heterocycles. The number of hydrogen-bond donors (Lipinski definition) is 1. The second-order valence-electron chi connectivity index (χ2n) is 7.75. The third kappa shape index (κ3) is 4.12. The smallest absolute Gasteiger partial charge is 0.234 e. The molecular weight excluding hydrogens is 432 g/mol. The van der Waals surface area contributed by atoms with Crippen molar-refractivity contribution in [3.05, 3.63) is 42.5 Å². The minimum atomic E-state index is -3.96. The van der Waals surface area contributed by atoms with Crippen LogP contribution in [0.1, 0.15) is 26.2 Å². The van der Waals surface area contributed by atoms with E-state index < -0.39 is 9.84 Å². The molecule has 1 aliphatic heterocycles. The highest BCUT2D eigenvalue weighted by Gasteiger charge is 2.33. The fourth-order valence-electron chi connectivity index (χ4n) is 3.33. The van der Waals surface area contributed by atoms with Crippen molar-refractivity contribution in [2.75, 3.05) is 25.1 Å². The molecule has 8 nitrogen and oxygen atoms in total. The molecule has 0 atom stereocenters. The zero-order chi connectivity index (χ0) is 22.1. The number of ether oxygens (including phenoxy) is 3. The van der Waals surface area contributed by atoms with E-state index in [0.29, 0.717) is 36.9 Å². The predicted octanol–water partition coefficient (Wildman–Crippen LogP) is 4.31. The van der Waals surface area contributed by atoms with Gasteiger partial charge in [0.1, 0.15) is 19.0 Å². The van der Waals surface area contributed by atoms with Crippen molar-refractivity contribution in [3.63, 3.8) is 0 Å². The Morgan fingerprint density at radius 1 is 1.06 bits per heavy atom. The normalized spacial score (nSPS) is 15.4. The Hall–Kier alpha value is -3.20. The zero-order valence-electron chi connectivity index (χ0n) is 17.7. The molecule has 168 valence electrons. The van der Waals surface area contributed by atoms with Gasteiger partial charge in [-0.2, -0.15) is 4.98 Å². The third-order valence-electron chi connectivity index (χ3n) is 5.16. The molecule has 1 N–H and O–H groups in total. The maximum absolute atomic E-state index is 13.5. The van der Waals surface area contributed by atoms with Crippen molar-refractivity contribution in [1.82, 2.24) is 4.98 Å². The molecule has 1 saturated carbocycles. The monoisotopic (exact) mass is 456 g/mol. The average molecular weight is 457 g/mol. The van der Waals surface area contributed by atoms with E-state index in [9.17, 15) is 8.42 Å². The second kappa shape index (κ2) is 8.38. The number of oxazole rings is 1. The van der Waals surface area contributed by atoms with Gasteiger partial charge < -0.3 is 23.9 Å². The summed E-state index contributed by atoms with van der Waals surface area (Å²) in [7, 11) is -3.96. The van der Waals surface area contributed by atoms with Crippen LogP contribution in [0.15, 0.2) is 56.8 Å². The Balaban J connectivity index is 1.50. The molecule has 2 aromatic carbocycles. The van der Waals surface area contributed by atoms with Crippen LogP contribution in [-0.2, 0) is 9.84 Å². The molecule has 3 aromatic rings. The summed E-state index contributed by atoms with van der Waals surface area (Å²) in [6.45, 7) is 3.48. The lowest BCUT2D eigenvalue weighted by atomic mass is 10.2. The van der Waals surface area contributed by atoms with Crippen molar-refractivity contribution in [1.29, 1.82) is 0 Å². The predicted molar refractivity (Wildman–Crippen MR) is 117 cm³/mol. The number of rotatable bonds is 8. The quantitative estimate of drug-likeness (QED) is 0.535. The topological polar surface area (TPSA) is 99.9 Å². The summed E-state index contributed by atoms with van der Waals surface area (Å²) in [4.78, 5) is 4.46. The van der Waals surface area contributed by atoms with Crippen molar-refractivity contribution in [2.45, 2.75) is 42.1 Å². The summed E-state index contributed by atoms with van der Waals surface area (Å²) < 4.78 is 49.5. The lowest BCUT2D eigenvalue weighted by Crippen LogP contribution is -2.16. The molecule has 1 aliphatic carbocycles. The highest BCUT2D eigenvalue weighted by molar-refractivity contribution is 7.91. The van der Waals surface area contributed by atoms with Crippen molar-refractivity contribution < 1.29 is 27.0 Å². The number of benzene rings is 2. The molecule has 2 heterocycles. The van der Waals surface area contributed by atoms with Crippen molar-refractivity contribution in [3.8, 4) is 28.7 Å². The van der Waals surface area contributed by atoms with Crippen LogP contribution in [0.25, 0.3) is 11.5 Å². The Bertz CT molecular complexity index is 1220. The van der Waals surface area contributed by atoms with E-state index in [1.165, 1.54) is 12.1 Å². The van der Waals surface area contributed by atoms with E-state index in [1.807, 2.05) is 19.1 Å². The van der Waals surface area contributed by atoms with Crippen LogP contribution in [0.5, 0.6) is 17.2 Å². The van der Waals surface area contributed by atoms with Crippen LogP contribution < -0.4 is 19.5 Å². The van der Waals surface area contributed by atoms with Crippen molar-refractivity contribution in [2.24, 2.45) is 0 Å². The summed E-state index contributed by atoms with van der Waals surface area (Å²) in [6.07, 6.45) is 2.84. The van der Waals surface area contributed by atoms with Crippen molar-refractivity contribution >= 4 is 15.7 Å². The van der Waals surface area contributed by atoms with Crippen LogP contribution >= 0.6 is 0 Å². The third-order valence-corrected chi connectivity index (χ3v) is 6.82. The highest BCUT2D eigenvalue weighted by atomic mass is 32.2. The van der Waals surface area contributed by atoms with Gasteiger partial charge >= 0.3 is 0 Å². The van der Waals surface area contributed by atoms with Gasteiger partial charge in [0.15, 0.2) is 11.5 Å². The summed E-state index contributed by atoms with van der Waals surface area (Å²) in [5.74, 6) is 2.05. The van der Waals surface area contributed by atoms with Gasteiger partial charge in [-0.3, -0.25) is 0 Å². The van der Waals surface area contributed by atoms with Gasteiger partial charge in [-0.1, -0.05) is 6.92 Å². The zero-order valence-corrected chi connectivity index (χ0v) is 18.5. The van der Waals surface area contributed by atoms with Gasteiger partial charge in [0, 0.05) is 17.7 Å². The lowest BCUT2D eigenvalue weighted by molar-refractivity contribution is 0.171. The molecule has 2 aliphatic rings. The van der Waals surface area contributed by atoms with E-state index in [1.54, 1.807) is 18.2 Å². The van der Waals surface area contributed by atoms with Gasteiger partial charge in [-0.05, 0) is 55.7 Å². The first kappa shape index (κ1) is 20.7. The summed E-state index contributed by atoms with van der Waals surface area (Å²) in [6, 6.07) is 12.0. The van der Waals surface area contributed by atoms with Gasteiger partial charge in [0.2, 0.25) is 26.6 Å². The first-order chi connectivity index (χ1) is 15.5. The molecule has 9 heteroatoms. The Labute approximate surface area is 186 Å². The Morgan fingerprint density at radius 2 is 1.81 bits per heavy atom. The number of fused-ring (bicyclic) bond motifs is 1. The minimum absolute atomic E-state index is 0.0729. The van der Waals surface area contributed by atoms with E-state index in [-0.39, 0.29) is 27.7 Å². The minimum Gasteiger partial charge on any atom is -0.494 e.